The summed E-state index contributed by atoms with van der Waals surface area (Å²) in [7, 11) is 1.72. The lowest BCUT2D eigenvalue weighted by atomic mass is 9.96. The second-order valence-electron chi connectivity index (χ2n) is 9.43. The molecule has 0 saturated carbocycles. The van der Waals surface area contributed by atoms with Crippen molar-refractivity contribution in [2.45, 2.75) is 25.3 Å². The highest BCUT2D eigenvalue weighted by molar-refractivity contribution is 7.80. The molecule has 11 heteroatoms. The summed E-state index contributed by atoms with van der Waals surface area (Å²) in [5.41, 5.74) is 11.0. The first kappa shape index (κ1) is 27.4. The van der Waals surface area contributed by atoms with Crippen LogP contribution in [-0.2, 0) is 19.3 Å². The van der Waals surface area contributed by atoms with E-state index in [-0.39, 0.29) is 21.9 Å². The number of anilines is 1. The fourth-order valence-corrected chi connectivity index (χ4v) is 5.04. The minimum absolute atomic E-state index is 0.200. The molecule has 0 saturated heterocycles. The zero-order chi connectivity index (χ0) is 28.1. The molecule has 0 spiro atoms. The van der Waals surface area contributed by atoms with Crippen LogP contribution in [0.3, 0.4) is 0 Å². The maximum absolute atomic E-state index is 14.2. The lowest BCUT2D eigenvalue weighted by Gasteiger charge is -2.23. The van der Waals surface area contributed by atoms with Crippen LogP contribution in [0.5, 0.6) is 0 Å². The highest BCUT2D eigenvalue weighted by Gasteiger charge is 2.25. The predicted molar refractivity (Wildman–Crippen MR) is 157 cm³/mol. The van der Waals surface area contributed by atoms with Crippen molar-refractivity contribution in [1.82, 2.24) is 30.6 Å². The van der Waals surface area contributed by atoms with Crippen LogP contribution in [-0.4, -0.2) is 44.5 Å². The third-order valence-corrected chi connectivity index (χ3v) is 7.28. The summed E-state index contributed by atoms with van der Waals surface area (Å²) in [5.74, 6) is -0.218. The molecule has 1 amide bonds. The summed E-state index contributed by atoms with van der Waals surface area (Å²) in [6.07, 6.45) is 8.96. The smallest absolute Gasteiger partial charge is 0.255 e. The first-order chi connectivity index (χ1) is 19.4. The Kier molecular flexibility index (Phi) is 8.47. The zero-order valence-corrected chi connectivity index (χ0v) is 23.3. The number of pyridine rings is 3. The van der Waals surface area contributed by atoms with Crippen molar-refractivity contribution in [3.63, 3.8) is 0 Å². The minimum Gasteiger partial charge on any atom is -0.350 e. The maximum Gasteiger partial charge on any atom is 0.255 e. The molecule has 1 aliphatic rings. The molecule has 0 fully saturated rings. The Labute approximate surface area is 242 Å². The SMILES string of the molecule is CN(CCc1ccccn1)C(=O)c1cnc(NNC(=S)NC2c3cnccc3CCc3ccc(F)cc32)c(Cl)c1. The molecule has 0 bridgehead atoms. The van der Waals surface area contributed by atoms with Gasteiger partial charge in [0, 0.05) is 56.1 Å². The molecule has 3 N–H and O–H groups in total. The van der Waals surface area contributed by atoms with Gasteiger partial charge in [-0.1, -0.05) is 23.7 Å². The van der Waals surface area contributed by atoms with E-state index in [1.165, 1.54) is 18.3 Å². The van der Waals surface area contributed by atoms with Crippen LogP contribution in [0.2, 0.25) is 5.02 Å². The molecule has 204 valence electrons. The minimum atomic E-state index is -0.399. The molecule has 3 heterocycles. The Hall–Kier alpha value is -4.15. The Morgan fingerprint density at radius 2 is 1.90 bits per heavy atom. The molecule has 40 heavy (non-hydrogen) atoms. The Morgan fingerprint density at radius 3 is 2.67 bits per heavy atom. The van der Waals surface area contributed by atoms with Gasteiger partial charge in [-0.3, -0.25) is 25.6 Å². The summed E-state index contributed by atoms with van der Waals surface area (Å²) in [5, 5.41) is 3.77. The fourth-order valence-electron chi connectivity index (χ4n) is 4.66. The number of benzene rings is 1. The second kappa shape index (κ2) is 12.4. The van der Waals surface area contributed by atoms with E-state index in [0.29, 0.717) is 24.3 Å². The van der Waals surface area contributed by atoms with Crippen LogP contribution in [0, 0.1) is 5.82 Å². The number of rotatable bonds is 7. The van der Waals surface area contributed by atoms with Crippen LogP contribution in [0.1, 0.15) is 44.3 Å². The van der Waals surface area contributed by atoms with Crippen molar-refractivity contribution in [2.75, 3.05) is 19.0 Å². The van der Waals surface area contributed by atoms with Crippen LogP contribution >= 0.6 is 23.8 Å². The Bertz CT molecular complexity index is 1540. The van der Waals surface area contributed by atoms with Crippen molar-refractivity contribution in [1.29, 1.82) is 0 Å². The van der Waals surface area contributed by atoms with Crippen molar-refractivity contribution < 1.29 is 9.18 Å². The van der Waals surface area contributed by atoms with Crippen LogP contribution < -0.4 is 16.2 Å². The standard InChI is InChI=1S/C29H27ClFN7OS/c1-38(13-10-22-4-2-3-11-33-22)28(39)20-14-25(30)27(34-16-20)36-37-29(40)35-26-23-15-21(31)8-7-18(23)5-6-19-9-12-32-17-24(19)26/h2-4,7-9,11-12,14-17,26H,5-6,10,13H2,1H3,(H,34,36)(H2,35,37,40). The van der Waals surface area contributed by atoms with Crippen molar-refractivity contribution >= 4 is 40.7 Å². The Balaban J connectivity index is 1.23. The fraction of sp³-hybridized carbons (Fsp3) is 0.207. The molecule has 5 rings (SSSR count). The van der Waals surface area contributed by atoms with Gasteiger partial charge in [0.05, 0.1) is 16.6 Å². The van der Waals surface area contributed by atoms with Crippen LogP contribution in [0.4, 0.5) is 10.2 Å². The summed E-state index contributed by atoms with van der Waals surface area (Å²) >= 11 is 12.0. The van der Waals surface area contributed by atoms with Gasteiger partial charge in [-0.05, 0) is 78.1 Å². The number of hydrogen-bond acceptors (Lipinski definition) is 6. The number of carbonyl (C=O) groups is 1. The van der Waals surface area contributed by atoms with Gasteiger partial charge in [-0.15, -0.1) is 0 Å². The number of nitrogens with zero attached hydrogens (tertiary/aromatic N) is 4. The molecule has 0 radical (unpaired) electrons. The number of nitrogens with one attached hydrogen (secondary N) is 3. The van der Waals surface area contributed by atoms with Crippen molar-refractivity contribution in [3.05, 3.63) is 118 Å². The van der Waals surface area contributed by atoms with E-state index in [1.54, 1.807) is 36.6 Å². The van der Waals surface area contributed by atoms with Crippen molar-refractivity contribution in [3.8, 4) is 0 Å². The second-order valence-corrected chi connectivity index (χ2v) is 10.2. The lowest BCUT2D eigenvalue weighted by Crippen LogP contribution is -2.41. The average molecular weight is 576 g/mol. The van der Waals surface area contributed by atoms with E-state index >= 15 is 0 Å². The number of thiocarbonyl (C=S) groups is 1. The summed E-state index contributed by atoms with van der Waals surface area (Å²) < 4.78 is 14.2. The van der Waals surface area contributed by atoms with Crippen molar-refractivity contribution in [2.24, 2.45) is 0 Å². The normalized spacial score (nSPS) is 13.8. The average Bonchev–Trinajstić information content (AvgIpc) is 3.12. The number of likely N-dealkylation sites (N-methyl/N-ethyl adjacent to an activating group) is 1. The van der Waals surface area contributed by atoms with Gasteiger partial charge in [0.2, 0.25) is 0 Å². The largest absolute Gasteiger partial charge is 0.350 e. The molecule has 1 atom stereocenters. The highest BCUT2D eigenvalue weighted by atomic mass is 35.5. The first-order valence-electron chi connectivity index (χ1n) is 12.7. The van der Waals surface area contributed by atoms with E-state index < -0.39 is 6.04 Å². The monoisotopic (exact) mass is 575 g/mol. The van der Waals surface area contributed by atoms with Crippen LogP contribution in [0.15, 0.2) is 73.3 Å². The topological polar surface area (TPSA) is 95.1 Å². The molecular formula is C29H27ClFN7OS. The van der Waals surface area contributed by atoms with E-state index in [0.717, 1.165) is 40.8 Å². The van der Waals surface area contributed by atoms with Gasteiger partial charge >= 0.3 is 0 Å². The van der Waals surface area contributed by atoms with E-state index in [4.69, 9.17) is 23.8 Å². The molecule has 1 unspecified atom stereocenters. The molecule has 8 nitrogen and oxygen atoms in total. The van der Waals surface area contributed by atoms with E-state index in [9.17, 15) is 9.18 Å². The van der Waals surface area contributed by atoms with Gasteiger partial charge < -0.3 is 10.2 Å². The number of carbonyl (C=O) groups excluding carboxylic acids is 1. The van der Waals surface area contributed by atoms with Gasteiger partial charge in [-0.2, -0.15) is 0 Å². The third kappa shape index (κ3) is 6.35. The summed E-state index contributed by atoms with van der Waals surface area (Å²) in [4.78, 5) is 27.4. The first-order valence-corrected chi connectivity index (χ1v) is 13.5. The van der Waals surface area contributed by atoms with E-state index in [1.807, 2.05) is 30.3 Å². The Morgan fingerprint density at radius 1 is 1.07 bits per heavy atom. The maximum atomic E-state index is 14.2. The number of aromatic nitrogens is 3. The number of halogens is 2. The van der Waals surface area contributed by atoms with Gasteiger partial charge in [0.25, 0.3) is 5.91 Å². The van der Waals surface area contributed by atoms with Crippen LogP contribution in [0.25, 0.3) is 0 Å². The number of fused-ring (bicyclic) bond motifs is 2. The summed E-state index contributed by atoms with van der Waals surface area (Å²) in [6, 6.07) is 13.7. The molecule has 3 aromatic heterocycles. The predicted octanol–water partition coefficient (Wildman–Crippen LogP) is 4.66. The van der Waals surface area contributed by atoms with Gasteiger partial charge in [0.15, 0.2) is 10.9 Å². The zero-order valence-electron chi connectivity index (χ0n) is 21.7. The van der Waals surface area contributed by atoms with Gasteiger partial charge in [0.1, 0.15) is 5.82 Å². The number of hydrazine groups is 1. The number of hydrogen-bond donors (Lipinski definition) is 3. The molecule has 4 aromatic rings. The van der Waals surface area contributed by atoms with E-state index in [2.05, 4.69) is 31.1 Å². The molecule has 1 aliphatic carbocycles. The molecule has 1 aromatic carbocycles. The highest BCUT2D eigenvalue weighted by Crippen LogP contribution is 2.32. The molecule has 0 aliphatic heterocycles. The summed E-state index contributed by atoms with van der Waals surface area (Å²) in [6.45, 7) is 0.502. The number of aryl methyl sites for hydroxylation is 2. The number of amides is 1. The quantitative estimate of drug-likeness (QED) is 0.216. The lowest BCUT2D eigenvalue weighted by molar-refractivity contribution is 0.0796. The third-order valence-electron chi connectivity index (χ3n) is 6.77. The van der Waals surface area contributed by atoms with Gasteiger partial charge in [-0.25, -0.2) is 9.37 Å². The molecular weight excluding hydrogens is 549 g/mol.